The third kappa shape index (κ3) is 4.94. The molecule has 0 unspecified atom stereocenters. The van der Waals surface area contributed by atoms with Crippen LogP contribution in [-0.2, 0) is 4.79 Å². The Balaban J connectivity index is 2.40. The van der Waals surface area contributed by atoms with Crippen molar-refractivity contribution in [1.29, 1.82) is 0 Å². The van der Waals surface area contributed by atoms with Crippen molar-refractivity contribution in [3.05, 3.63) is 0 Å². The van der Waals surface area contributed by atoms with E-state index in [4.69, 9.17) is 10.9 Å². The van der Waals surface area contributed by atoms with Gasteiger partial charge in [-0.05, 0) is 12.8 Å². The zero-order valence-electron chi connectivity index (χ0n) is 11.3. The summed E-state index contributed by atoms with van der Waals surface area (Å²) in [5.41, 5.74) is 5.41. The van der Waals surface area contributed by atoms with Gasteiger partial charge in [-0.1, -0.05) is 37.3 Å². The zero-order valence-corrected chi connectivity index (χ0v) is 11.3. The number of oxime groups is 1. The van der Waals surface area contributed by atoms with Gasteiger partial charge in [0, 0.05) is 25.9 Å². The van der Waals surface area contributed by atoms with Gasteiger partial charge in [-0.2, -0.15) is 0 Å². The first kappa shape index (κ1) is 14.8. The highest BCUT2D eigenvalue weighted by molar-refractivity contribution is 5.82. The SMILES string of the molecule is CN(CCC(N)=NO)C(=O)C1CCCCCCC1. The normalized spacial score (nSPS) is 19.1. The van der Waals surface area contributed by atoms with Crippen LogP contribution >= 0.6 is 0 Å². The van der Waals surface area contributed by atoms with Gasteiger partial charge >= 0.3 is 0 Å². The molecule has 0 radical (unpaired) electrons. The van der Waals surface area contributed by atoms with Gasteiger partial charge in [0.1, 0.15) is 5.84 Å². The minimum Gasteiger partial charge on any atom is -0.409 e. The van der Waals surface area contributed by atoms with Crippen LogP contribution in [0.4, 0.5) is 0 Å². The van der Waals surface area contributed by atoms with Crippen molar-refractivity contribution in [2.24, 2.45) is 16.8 Å². The van der Waals surface area contributed by atoms with Gasteiger partial charge in [0.2, 0.25) is 5.91 Å². The van der Waals surface area contributed by atoms with Crippen molar-refractivity contribution in [3.8, 4) is 0 Å². The summed E-state index contributed by atoms with van der Waals surface area (Å²) in [6, 6.07) is 0. The van der Waals surface area contributed by atoms with E-state index in [1.54, 1.807) is 11.9 Å². The molecular formula is C13H25N3O2. The van der Waals surface area contributed by atoms with E-state index in [1.807, 2.05) is 0 Å². The number of hydrogen-bond acceptors (Lipinski definition) is 3. The van der Waals surface area contributed by atoms with Crippen LogP contribution in [0.3, 0.4) is 0 Å². The van der Waals surface area contributed by atoms with Crippen LogP contribution in [-0.4, -0.2) is 35.4 Å². The van der Waals surface area contributed by atoms with Crippen molar-refractivity contribution in [2.45, 2.75) is 51.4 Å². The molecule has 1 aliphatic carbocycles. The molecule has 1 fully saturated rings. The summed E-state index contributed by atoms with van der Waals surface area (Å²) in [4.78, 5) is 14.0. The Morgan fingerprint density at radius 1 is 1.28 bits per heavy atom. The number of nitrogens with zero attached hydrogens (tertiary/aromatic N) is 2. The highest BCUT2D eigenvalue weighted by Crippen LogP contribution is 2.23. The zero-order chi connectivity index (χ0) is 13.4. The first-order chi connectivity index (χ1) is 8.65. The van der Waals surface area contributed by atoms with Crippen LogP contribution in [0.1, 0.15) is 51.4 Å². The molecule has 0 aliphatic heterocycles. The van der Waals surface area contributed by atoms with Crippen LogP contribution in [0.25, 0.3) is 0 Å². The fraction of sp³-hybridized carbons (Fsp3) is 0.846. The van der Waals surface area contributed by atoms with Crippen LogP contribution in [0, 0.1) is 5.92 Å². The quantitative estimate of drug-likeness (QED) is 0.349. The summed E-state index contributed by atoms with van der Waals surface area (Å²) in [5, 5.41) is 11.4. The van der Waals surface area contributed by atoms with Gasteiger partial charge < -0.3 is 15.8 Å². The minimum atomic E-state index is 0.169. The molecule has 18 heavy (non-hydrogen) atoms. The van der Waals surface area contributed by atoms with Crippen molar-refractivity contribution >= 4 is 11.7 Å². The number of amidine groups is 1. The van der Waals surface area contributed by atoms with E-state index in [2.05, 4.69) is 5.16 Å². The molecule has 5 nitrogen and oxygen atoms in total. The Bertz CT molecular complexity index is 284. The van der Waals surface area contributed by atoms with Gasteiger partial charge in [0.15, 0.2) is 0 Å². The highest BCUT2D eigenvalue weighted by Gasteiger charge is 2.22. The minimum absolute atomic E-state index is 0.169. The van der Waals surface area contributed by atoms with E-state index in [0.717, 1.165) is 25.7 Å². The van der Waals surface area contributed by atoms with Gasteiger partial charge in [-0.15, -0.1) is 0 Å². The molecule has 0 heterocycles. The summed E-state index contributed by atoms with van der Waals surface area (Å²) < 4.78 is 0. The summed E-state index contributed by atoms with van der Waals surface area (Å²) in [6.07, 6.45) is 8.55. The largest absolute Gasteiger partial charge is 0.409 e. The molecular weight excluding hydrogens is 230 g/mol. The predicted octanol–water partition coefficient (Wildman–Crippen LogP) is 1.94. The number of amides is 1. The van der Waals surface area contributed by atoms with Crippen LogP contribution in [0.2, 0.25) is 0 Å². The molecule has 0 spiro atoms. The topological polar surface area (TPSA) is 78.9 Å². The van der Waals surface area contributed by atoms with Gasteiger partial charge in [-0.3, -0.25) is 4.79 Å². The second kappa shape index (κ2) is 7.95. The second-order valence-corrected chi connectivity index (χ2v) is 5.14. The van der Waals surface area contributed by atoms with E-state index in [1.165, 1.54) is 19.3 Å². The van der Waals surface area contributed by atoms with E-state index < -0.39 is 0 Å². The van der Waals surface area contributed by atoms with E-state index in [9.17, 15) is 4.79 Å². The Hall–Kier alpha value is -1.26. The van der Waals surface area contributed by atoms with Crippen LogP contribution in [0.5, 0.6) is 0 Å². The van der Waals surface area contributed by atoms with E-state index in [0.29, 0.717) is 13.0 Å². The van der Waals surface area contributed by atoms with Crippen LogP contribution in [0.15, 0.2) is 5.16 Å². The van der Waals surface area contributed by atoms with Crippen molar-refractivity contribution in [2.75, 3.05) is 13.6 Å². The molecule has 5 heteroatoms. The molecule has 1 aliphatic rings. The van der Waals surface area contributed by atoms with Gasteiger partial charge in [-0.25, -0.2) is 0 Å². The average molecular weight is 255 g/mol. The molecule has 0 aromatic carbocycles. The molecule has 0 aromatic rings. The fourth-order valence-corrected chi connectivity index (χ4v) is 2.46. The molecule has 1 amide bonds. The third-order valence-corrected chi connectivity index (χ3v) is 3.66. The fourth-order valence-electron chi connectivity index (χ4n) is 2.46. The monoisotopic (exact) mass is 255 g/mol. The first-order valence-corrected chi connectivity index (χ1v) is 6.86. The maximum atomic E-state index is 12.2. The second-order valence-electron chi connectivity index (χ2n) is 5.14. The molecule has 0 aromatic heterocycles. The summed E-state index contributed by atoms with van der Waals surface area (Å²) in [7, 11) is 1.80. The molecule has 0 bridgehead atoms. The van der Waals surface area contributed by atoms with E-state index in [-0.39, 0.29) is 17.7 Å². The Labute approximate surface area is 109 Å². The lowest BCUT2D eigenvalue weighted by molar-refractivity contribution is -0.134. The van der Waals surface area contributed by atoms with Crippen molar-refractivity contribution < 1.29 is 10.0 Å². The number of carbonyl (C=O) groups excluding carboxylic acids is 1. The number of carbonyl (C=O) groups is 1. The Morgan fingerprint density at radius 2 is 1.83 bits per heavy atom. The Morgan fingerprint density at radius 3 is 2.39 bits per heavy atom. The van der Waals surface area contributed by atoms with Gasteiger partial charge in [0.05, 0.1) is 0 Å². The molecule has 1 saturated carbocycles. The highest BCUT2D eigenvalue weighted by atomic mass is 16.4. The average Bonchev–Trinajstić information content (AvgIpc) is 2.34. The maximum Gasteiger partial charge on any atom is 0.225 e. The van der Waals surface area contributed by atoms with Crippen molar-refractivity contribution in [1.82, 2.24) is 4.90 Å². The van der Waals surface area contributed by atoms with Gasteiger partial charge in [0.25, 0.3) is 0 Å². The smallest absolute Gasteiger partial charge is 0.225 e. The number of rotatable bonds is 4. The lowest BCUT2D eigenvalue weighted by atomic mass is 9.90. The summed E-state index contributed by atoms with van der Waals surface area (Å²) in [5.74, 6) is 0.553. The maximum absolute atomic E-state index is 12.2. The third-order valence-electron chi connectivity index (χ3n) is 3.66. The van der Waals surface area contributed by atoms with E-state index >= 15 is 0 Å². The van der Waals surface area contributed by atoms with Crippen LogP contribution < -0.4 is 5.73 Å². The molecule has 0 atom stereocenters. The lowest BCUT2D eigenvalue weighted by Crippen LogP contribution is -2.35. The summed E-state index contributed by atoms with van der Waals surface area (Å²) in [6.45, 7) is 0.519. The molecule has 0 saturated heterocycles. The summed E-state index contributed by atoms with van der Waals surface area (Å²) >= 11 is 0. The number of nitrogens with two attached hydrogens (primary N) is 1. The Kier molecular flexibility index (Phi) is 6.54. The predicted molar refractivity (Wildman–Crippen MR) is 71.5 cm³/mol. The standard InChI is InChI=1S/C13H25N3O2/c1-16(10-9-12(14)15-18)13(17)11-7-5-3-2-4-6-8-11/h11,18H,2-10H2,1H3,(H2,14,15). The first-order valence-electron chi connectivity index (χ1n) is 6.86. The molecule has 3 N–H and O–H groups in total. The lowest BCUT2D eigenvalue weighted by Gasteiger charge is -2.25. The van der Waals surface area contributed by atoms with Crippen molar-refractivity contribution in [3.63, 3.8) is 0 Å². The molecule has 104 valence electrons. The molecule has 1 rings (SSSR count). The number of hydrogen-bond donors (Lipinski definition) is 2.